The Labute approximate surface area is 153 Å². The average molecular weight is 371 g/mol. The number of pyridine rings is 1. The van der Waals surface area contributed by atoms with Crippen LogP contribution in [0.4, 0.5) is 0 Å². The fourth-order valence-electron chi connectivity index (χ4n) is 3.93. The second kappa shape index (κ2) is 6.81. The molecule has 1 aromatic heterocycles. The largest absolute Gasteiger partial charge is 0.330 e. The number of rotatable bonds is 3. The normalized spacial score (nSPS) is 25.0. The molecule has 6 nitrogen and oxygen atoms in total. The maximum absolute atomic E-state index is 12.9. The van der Waals surface area contributed by atoms with E-state index in [-0.39, 0.29) is 29.5 Å². The highest BCUT2D eigenvalue weighted by atomic mass is 32.2. The van der Waals surface area contributed by atoms with Crippen molar-refractivity contribution in [2.45, 2.75) is 18.6 Å². The Balaban J connectivity index is 1.59. The average Bonchev–Trinajstić information content (AvgIpc) is 2.98. The first-order chi connectivity index (χ1) is 12.5. The van der Waals surface area contributed by atoms with Gasteiger partial charge in [-0.1, -0.05) is 36.4 Å². The van der Waals surface area contributed by atoms with Gasteiger partial charge in [-0.25, -0.2) is 8.42 Å². The van der Waals surface area contributed by atoms with Gasteiger partial charge in [0.1, 0.15) is 5.69 Å². The van der Waals surface area contributed by atoms with Crippen molar-refractivity contribution >= 4 is 15.7 Å². The first-order valence-electron chi connectivity index (χ1n) is 8.74. The van der Waals surface area contributed by atoms with Crippen LogP contribution in [0.3, 0.4) is 0 Å². The van der Waals surface area contributed by atoms with E-state index < -0.39 is 9.84 Å². The summed E-state index contributed by atoms with van der Waals surface area (Å²) in [4.78, 5) is 20.9. The second-order valence-electron chi connectivity index (χ2n) is 6.88. The number of hydrogen-bond donors (Lipinski definition) is 0. The number of piperazine rings is 1. The number of sulfone groups is 1. The van der Waals surface area contributed by atoms with E-state index in [1.807, 2.05) is 30.3 Å². The van der Waals surface area contributed by atoms with Crippen molar-refractivity contribution in [3.05, 3.63) is 66.0 Å². The van der Waals surface area contributed by atoms with Crippen LogP contribution in [0.25, 0.3) is 0 Å². The molecule has 1 amide bonds. The zero-order chi connectivity index (χ0) is 18.1. The Morgan fingerprint density at radius 2 is 1.73 bits per heavy atom. The van der Waals surface area contributed by atoms with E-state index in [0.717, 1.165) is 5.56 Å². The smallest absolute Gasteiger partial charge is 0.272 e. The molecule has 2 atom stereocenters. The molecular weight excluding hydrogens is 350 g/mol. The van der Waals surface area contributed by atoms with Crippen LogP contribution in [-0.4, -0.2) is 65.8 Å². The maximum atomic E-state index is 12.9. The quantitative estimate of drug-likeness (QED) is 0.811. The van der Waals surface area contributed by atoms with Gasteiger partial charge in [0.15, 0.2) is 9.84 Å². The summed E-state index contributed by atoms with van der Waals surface area (Å²) in [7, 11) is -3.16. The zero-order valence-electron chi connectivity index (χ0n) is 14.4. The Kier molecular flexibility index (Phi) is 4.50. The van der Waals surface area contributed by atoms with Crippen LogP contribution in [0.1, 0.15) is 16.1 Å². The number of hydrogen-bond acceptors (Lipinski definition) is 5. The van der Waals surface area contributed by atoms with Gasteiger partial charge in [0.05, 0.1) is 17.5 Å². The molecule has 2 fully saturated rings. The molecule has 0 radical (unpaired) electrons. The molecule has 26 heavy (non-hydrogen) atoms. The van der Waals surface area contributed by atoms with Gasteiger partial charge in [0, 0.05) is 31.9 Å². The van der Waals surface area contributed by atoms with Crippen molar-refractivity contribution in [2.24, 2.45) is 0 Å². The fraction of sp³-hybridized carbons (Fsp3) is 0.368. The fourth-order valence-corrected chi connectivity index (χ4v) is 5.94. The minimum atomic E-state index is -3.16. The van der Waals surface area contributed by atoms with E-state index in [0.29, 0.717) is 25.3 Å². The van der Waals surface area contributed by atoms with Crippen LogP contribution < -0.4 is 0 Å². The lowest BCUT2D eigenvalue weighted by molar-refractivity contribution is 0.0301. The summed E-state index contributed by atoms with van der Waals surface area (Å²) in [6.07, 6.45) is 1.59. The molecule has 2 aromatic rings. The first-order valence-corrected chi connectivity index (χ1v) is 10.6. The summed E-state index contributed by atoms with van der Waals surface area (Å²) < 4.78 is 24.6. The molecule has 3 heterocycles. The monoisotopic (exact) mass is 371 g/mol. The lowest BCUT2D eigenvalue weighted by atomic mass is 10.0. The summed E-state index contributed by atoms with van der Waals surface area (Å²) in [5, 5.41) is 0. The van der Waals surface area contributed by atoms with E-state index >= 15 is 0 Å². The number of amides is 1. The molecule has 4 rings (SSSR count). The highest BCUT2D eigenvalue weighted by molar-refractivity contribution is 7.91. The molecule has 1 aromatic carbocycles. The van der Waals surface area contributed by atoms with Gasteiger partial charge >= 0.3 is 0 Å². The van der Waals surface area contributed by atoms with E-state index in [9.17, 15) is 13.2 Å². The molecule has 0 spiro atoms. The van der Waals surface area contributed by atoms with Crippen molar-refractivity contribution in [1.29, 1.82) is 0 Å². The summed E-state index contributed by atoms with van der Waals surface area (Å²) in [6.45, 7) is 1.87. The van der Waals surface area contributed by atoms with Crippen LogP contribution in [0.2, 0.25) is 0 Å². The van der Waals surface area contributed by atoms with Crippen LogP contribution in [0.5, 0.6) is 0 Å². The number of carbonyl (C=O) groups excluding carboxylic acids is 1. The van der Waals surface area contributed by atoms with Crippen molar-refractivity contribution in [1.82, 2.24) is 14.8 Å². The Bertz CT molecular complexity index is 887. The Morgan fingerprint density at radius 3 is 2.46 bits per heavy atom. The highest BCUT2D eigenvalue weighted by Gasteiger charge is 2.48. The molecule has 2 aliphatic rings. The number of carbonyl (C=O) groups is 1. The molecule has 0 aliphatic carbocycles. The Morgan fingerprint density at radius 1 is 1.00 bits per heavy atom. The predicted molar refractivity (Wildman–Crippen MR) is 98.4 cm³/mol. The number of nitrogens with zero attached hydrogens (tertiary/aromatic N) is 3. The van der Waals surface area contributed by atoms with E-state index in [4.69, 9.17) is 0 Å². The third-order valence-electron chi connectivity index (χ3n) is 5.16. The zero-order valence-corrected chi connectivity index (χ0v) is 15.2. The molecule has 0 bridgehead atoms. The highest BCUT2D eigenvalue weighted by Crippen LogP contribution is 2.29. The van der Waals surface area contributed by atoms with Gasteiger partial charge in [-0.15, -0.1) is 0 Å². The second-order valence-corrected chi connectivity index (χ2v) is 9.04. The molecular formula is C19H21N3O3S. The first kappa shape index (κ1) is 17.2. The summed E-state index contributed by atoms with van der Waals surface area (Å²) >= 11 is 0. The molecule has 0 saturated carbocycles. The van der Waals surface area contributed by atoms with Gasteiger partial charge in [0.2, 0.25) is 0 Å². The SMILES string of the molecule is O=C(c1ccccn1)N1CCN(Cc2ccccc2)[C@@H]2CS(=O)(=O)C[C@@H]21. The number of benzene rings is 1. The third kappa shape index (κ3) is 3.37. The van der Waals surface area contributed by atoms with Gasteiger partial charge in [-0.3, -0.25) is 14.7 Å². The minimum absolute atomic E-state index is 0.0293. The van der Waals surface area contributed by atoms with Crippen LogP contribution in [0, 0.1) is 0 Å². The lowest BCUT2D eigenvalue weighted by Gasteiger charge is -2.43. The standard InChI is InChI=1S/C19H21N3O3S/c23-19(16-8-4-5-9-20-16)22-11-10-21(12-15-6-2-1-3-7-15)17-13-26(24,25)14-18(17)22/h1-9,17-18H,10-14H2/t17-,18+/m1/s1. The van der Waals surface area contributed by atoms with Gasteiger partial charge < -0.3 is 4.90 Å². The van der Waals surface area contributed by atoms with Gasteiger partial charge in [0.25, 0.3) is 5.91 Å². The summed E-state index contributed by atoms with van der Waals surface area (Å²) in [5.74, 6) is -0.0463. The van der Waals surface area contributed by atoms with Crippen molar-refractivity contribution in [3.63, 3.8) is 0 Å². The predicted octanol–water partition coefficient (Wildman–Crippen LogP) is 1.21. The van der Waals surface area contributed by atoms with Crippen LogP contribution in [0.15, 0.2) is 54.7 Å². The molecule has 2 aliphatic heterocycles. The Hall–Kier alpha value is -2.25. The topological polar surface area (TPSA) is 70.6 Å². The van der Waals surface area contributed by atoms with Crippen LogP contribution in [-0.2, 0) is 16.4 Å². The molecule has 0 unspecified atom stereocenters. The van der Waals surface area contributed by atoms with E-state index in [2.05, 4.69) is 9.88 Å². The molecule has 2 saturated heterocycles. The summed E-state index contributed by atoms with van der Waals surface area (Å²) in [6, 6.07) is 14.8. The molecule has 7 heteroatoms. The van der Waals surface area contributed by atoms with Crippen LogP contribution >= 0.6 is 0 Å². The third-order valence-corrected chi connectivity index (χ3v) is 6.86. The minimum Gasteiger partial charge on any atom is -0.330 e. The van der Waals surface area contributed by atoms with Crippen molar-refractivity contribution in [2.75, 3.05) is 24.6 Å². The van der Waals surface area contributed by atoms with E-state index in [1.54, 1.807) is 29.3 Å². The van der Waals surface area contributed by atoms with Gasteiger partial charge in [-0.2, -0.15) is 0 Å². The number of fused-ring (bicyclic) bond motifs is 1. The van der Waals surface area contributed by atoms with E-state index in [1.165, 1.54) is 0 Å². The van der Waals surface area contributed by atoms with Crippen molar-refractivity contribution in [3.8, 4) is 0 Å². The molecule has 0 N–H and O–H groups in total. The van der Waals surface area contributed by atoms with Gasteiger partial charge in [-0.05, 0) is 17.7 Å². The maximum Gasteiger partial charge on any atom is 0.272 e. The number of aromatic nitrogens is 1. The summed E-state index contributed by atoms with van der Waals surface area (Å²) in [5.41, 5.74) is 1.52. The lowest BCUT2D eigenvalue weighted by Crippen LogP contribution is -2.60. The molecule has 136 valence electrons. The van der Waals surface area contributed by atoms with Crippen molar-refractivity contribution < 1.29 is 13.2 Å².